The van der Waals surface area contributed by atoms with Gasteiger partial charge in [0.1, 0.15) is 16.1 Å². The Hall–Kier alpha value is -3.30. The predicted molar refractivity (Wildman–Crippen MR) is 134 cm³/mol. The lowest BCUT2D eigenvalue weighted by Gasteiger charge is -2.16. The van der Waals surface area contributed by atoms with E-state index in [1.807, 2.05) is 39.0 Å². The van der Waals surface area contributed by atoms with Crippen LogP contribution in [0.3, 0.4) is 0 Å². The molecule has 1 saturated heterocycles. The summed E-state index contributed by atoms with van der Waals surface area (Å²) < 4.78 is 8.71. The summed E-state index contributed by atoms with van der Waals surface area (Å²) >= 11 is 1.24. The molecule has 1 atom stereocenters. The van der Waals surface area contributed by atoms with Crippen LogP contribution in [0.5, 0.6) is 0 Å². The van der Waals surface area contributed by atoms with E-state index in [4.69, 9.17) is 4.74 Å². The van der Waals surface area contributed by atoms with Crippen molar-refractivity contribution in [3.8, 4) is 0 Å². The number of aromatic nitrogens is 3. The van der Waals surface area contributed by atoms with Gasteiger partial charge in [0, 0.05) is 23.9 Å². The number of carbonyl (C=O) groups is 1. The Balaban J connectivity index is 1.62. The van der Waals surface area contributed by atoms with E-state index in [0.29, 0.717) is 27.0 Å². The molecule has 1 fully saturated rings. The number of carbonyl (C=O) groups excluding carboxylic acids is 1. The second kappa shape index (κ2) is 8.81. The molecular formula is C25H26N4O4S. The first-order valence-electron chi connectivity index (χ1n) is 11.3. The molecule has 1 aliphatic heterocycles. The number of hydrogen-bond acceptors (Lipinski definition) is 6. The summed E-state index contributed by atoms with van der Waals surface area (Å²) in [6.45, 7) is 6.48. The number of amides is 1. The molecule has 176 valence electrons. The van der Waals surface area contributed by atoms with Gasteiger partial charge >= 0.3 is 5.69 Å². The number of fused-ring (bicyclic) bond motifs is 3. The van der Waals surface area contributed by atoms with Crippen molar-refractivity contribution < 1.29 is 9.53 Å². The van der Waals surface area contributed by atoms with Crippen LogP contribution in [-0.2, 0) is 22.6 Å². The number of pyridine rings is 1. The smallest absolute Gasteiger partial charge is 0.332 e. The van der Waals surface area contributed by atoms with Crippen LogP contribution in [0.4, 0.5) is 5.69 Å². The van der Waals surface area contributed by atoms with E-state index in [2.05, 4.69) is 10.3 Å². The Morgan fingerprint density at radius 3 is 2.68 bits per heavy atom. The van der Waals surface area contributed by atoms with Gasteiger partial charge in [-0.25, -0.2) is 9.78 Å². The second-order valence-electron chi connectivity index (χ2n) is 8.88. The first kappa shape index (κ1) is 22.5. The van der Waals surface area contributed by atoms with Crippen molar-refractivity contribution in [2.45, 2.75) is 52.8 Å². The molecule has 1 amide bonds. The fourth-order valence-corrected chi connectivity index (χ4v) is 5.88. The minimum atomic E-state index is -0.510. The van der Waals surface area contributed by atoms with E-state index in [0.717, 1.165) is 35.2 Å². The highest BCUT2D eigenvalue weighted by molar-refractivity contribution is 7.25. The summed E-state index contributed by atoms with van der Waals surface area (Å²) in [6, 6.07) is 7.60. The molecule has 4 heterocycles. The van der Waals surface area contributed by atoms with Crippen molar-refractivity contribution >= 4 is 43.4 Å². The van der Waals surface area contributed by atoms with Gasteiger partial charge in [0.25, 0.3) is 5.56 Å². The zero-order valence-corrected chi connectivity index (χ0v) is 20.2. The van der Waals surface area contributed by atoms with Gasteiger partial charge in [0.15, 0.2) is 0 Å². The Labute approximate surface area is 199 Å². The molecule has 34 heavy (non-hydrogen) atoms. The minimum Gasteiger partial charge on any atom is -0.376 e. The molecule has 0 unspecified atom stereocenters. The third-order valence-electron chi connectivity index (χ3n) is 6.26. The van der Waals surface area contributed by atoms with Crippen molar-refractivity contribution in [1.82, 2.24) is 14.1 Å². The Kier molecular flexibility index (Phi) is 5.83. The number of aryl methyl sites for hydroxylation is 3. The molecular weight excluding hydrogens is 452 g/mol. The van der Waals surface area contributed by atoms with E-state index in [1.165, 1.54) is 20.5 Å². The summed E-state index contributed by atoms with van der Waals surface area (Å²) in [6.07, 6.45) is 3.17. The molecule has 0 bridgehead atoms. The lowest BCUT2D eigenvalue weighted by atomic mass is 10.1. The maximum absolute atomic E-state index is 13.6. The van der Waals surface area contributed by atoms with Gasteiger partial charge in [-0.3, -0.25) is 18.7 Å². The SMILES string of the molecule is Cc1cc(C)c(NC(=O)Cn2c(=O)n(C[C@@H]3CCCO3)c(=O)c3sc4ncccc4c32)c(C)c1. The van der Waals surface area contributed by atoms with Crippen LogP contribution in [-0.4, -0.2) is 32.7 Å². The second-order valence-corrected chi connectivity index (χ2v) is 9.88. The fourth-order valence-electron chi connectivity index (χ4n) is 4.78. The van der Waals surface area contributed by atoms with Gasteiger partial charge in [-0.1, -0.05) is 17.7 Å². The number of nitrogens with one attached hydrogen (secondary N) is 1. The standard InChI is InChI=1S/C25H26N4O4S/c1-14-10-15(2)20(16(3)11-14)27-19(30)13-28-21-18-7-4-8-26-23(18)34-22(21)24(31)29(25(28)32)12-17-6-5-9-33-17/h4,7-8,10-11,17H,5-6,9,12-13H2,1-3H3,(H,27,30)/t17-/m0/s1. The van der Waals surface area contributed by atoms with Gasteiger partial charge in [-0.15, -0.1) is 11.3 Å². The zero-order chi connectivity index (χ0) is 24.0. The number of ether oxygens (including phenoxy) is 1. The highest BCUT2D eigenvalue weighted by Gasteiger charge is 2.24. The molecule has 0 radical (unpaired) electrons. The van der Waals surface area contributed by atoms with Crippen LogP contribution in [0.1, 0.15) is 29.5 Å². The minimum absolute atomic E-state index is 0.174. The van der Waals surface area contributed by atoms with Crippen molar-refractivity contribution in [1.29, 1.82) is 0 Å². The quantitative estimate of drug-likeness (QED) is 0.474. The number of hydrogen-bond donors (Lipinski definition) is 1. The normalized spacial score (nSPS) is 15.9. The Morgan fingerprint density at radius 2 is 1.97 bits per heavy atom. The van der Waals surface area contributed by atoms with Crippen LogP contribution in [0, 0.1) is 20.8 Å². The summed E-state index contributed by atoms with van der Waals surface area (Å²) in [5, 5.41) is 3.66. The third kappa shape index (κ3) is 3.95. The van der Waals surface area contributed by atoms with Gasteiger partial charge in [0.05, 0.1) is 18.2 Å². The number of nitrogens with zero attached hydrogens (tertiary/aromatic N) is 3. The fraction of sp³-hybridized carbons (Fsp3) is 0.360. The third-order valence-corrected chi connectivity index (χ3v) is 7.36. The molecule has 0 spiro atoms. The Bertz CT molecular complexity index is 1520. The average Bonchev–Trinajstić information content (AvgIpc) is 3.44. The van der Waals surface area contributed by atoms with Crippen LogP contribution in [0.15, 0.2) is 40.1 Å². The van der Waals surface area contributed by atoms with Crippen LogP contribution < -0.4 is 16.6 Å². The Morgan fingerprint density at radius 1 is 1.21 bits per heavy atom. The van der Waals surface area contributed by atoms with E-state index < -0.39 is 5.69 Å². The summed E-state index contributed by atoms with van der Waals surface area (Å²) in [4.78, 5) is 45.1. The molecule has 9 heteroatoms. The number of benzene rings is 1. The van der Waals surface area contributed by atoms with Crippen LogP contribution >= 0.6 is 11.3 Å². The highest BCUT2D eigenvalue weighted by Crippen LogP contribution is 2.29. The summed E-state index contributed by atoms with van der Waals surface area (Å²) in [7, 11) is 0. The molecule has 3 aromatic heterocycles. The maximum Gasteiger partial charge on any atom is 0.332 e. The van der Waals surface area contributed by atoms with Crippen molar-refractivity contribution in [3.63, 3.8) is 0 Å². The molecule has 1 aromatic carbocycles. The van der Waals surface area contributed by atoms with E-state index >= 15 is 0 Å². The van der Waals surface area contributed by atoms with Crippen LogP contribution in [0.2, 0.25) is 0 Å². The molecule has 8 nitrogen and oxygen atoms in total. The van der Waals surface area contributed by atoms with Gasteiger partial charge in [-0.2, -0.15) is 0 Å². The molecule has 4 aromatic rings. The highest BCUT2D eigenvalue weighted by atomic mass is 32.1. The van der Waals surface area contributed by atoms with Crippen molar-refractivity contribution in [2.24, 2.45) is 0 Å². The number of anilines is 1. The van der Waals surface area contributed by atoms with E-state index in [1.54, 1.807) is 12.3 Å². The monoisotopic (exact) mass is 478 g/mol. The first-order chi connectivity index (χ1) is 16.3. The topological polar surface area (TPSA) is 95.2 Å². The van der Waals surface area contributed by atoms with Gasteiger partial charge in [-0.05, 0) is 56.9 Å². The lowest BCUT2D eigenvalue weighted by molar-refractivity contribution is -0.116. The predicted octanol–water partition coefficient (Wildman–Crippen LogP) is 3.52. The number of rotatable bonds is 5. The van der Waals surface area contributed by atoms with Crippen molar-refractivity contribution in [3.05, 3.63) is 68.0 Å². The molecule has 5 rings (SSSR count). The van der Waals surface area contributed by atoms with E-state index in [-0.39, 0.29) is 30.7 Å². The summed E-state index contributed by atoms with van der Waals surface area (Å²) in [5.74, 6) is -0.330. The molecule has 0 saturated carbocycles. The van der Waals surface area contributed by atoms with E-state index in [9.17, 15) is 14.4 Å². The first-order valence-corrected chi connectivity index (χ1v) is 12.2. The van der Waals surface area contributed by atoms with Crippen LogP contribution in [0.25, 0.3) is 20.4 Å². The number of thiophene rings is 1. The summed E-state index contributed by atoms with van der Waals surface area (Å²) in [5.41, 5.74) is 3.35. The van der Waals surface area contributed by atoms with Gasteiger partial charge in [0.2, 0.25) is 5.91 Å². The molecule has 1 N–H and O–H groups in total. The molecule has 1 aliphatic rings. The largest absolute Gasteiger partial charge is 0.376 e. The lowest BCUT2D eigenvalue weighted by Crippen LogP contribution is -2.43. The maximum atomic E-state index is 13.6. The zero-order valence-electron chi connectivity index (χ0n) is 19.4. The van der Waals surface area contributed by atoms with Gasteiger partial charge < -0.3 is 10.1 Å². The van der Waals surface area contributed by atoms with Crippen molar-refractivity contribution in [2.75, 3.05) is 11.9 Å². The average molecular weight is 479 g/mol. The molecule has 0 aliphatic carbocycles.